The maximum absolute atomic E-state index is 12.1. The van der Waals surface area contributed by atoms with Gasteiger partial charge >= 0.3 is 0 Å². The molecular weight excluding hydrogens is 274 g/mol. The Labute approximate surface area is 124 Å². The summed E-state index contributed by atoms with van der Waals surface area (Å²) in [5.74, 6) is 0.129. The Hall–Kier alpha value is -1.35. The molecule has 0 radical (unpaired) electrons. The fourth-order valence-corrected chi connectivity index (χ4v) is 2.66. The molecule has 3 nitrogen and oxygen atoms in total. The molecule has 20 heavy (non-hydrogen) atoms. The minimum absolute atomic E-state index is 0.0321. The molecule has 1 aliphatic rings. The van der Waals surface area contributed by atoms with Crippen molar-refractivity contribution in [1.82, 2.24) is 0 Å². The predicted molar refractivity (Wildman–Crippen MR) is 81.7 cm³/mol. The largest absolute Gasteiger partial charge is 0.312 e. The van der Waals surface area contributed by atoms with Crippen LogP contribution < -0.4 is 4.90 Å². The Balaban J connectivity index is 2.22. The van der Waals surface area contributed by atoms with Crippen LogP contribution in [0.5, 0.6) is 0 Å². The van der Waals surface area contributed by atoms with Crippen LogP contribution in [-0.2, 0) is 11.2 Å². The van der Waals surface area contributed by atoms with Crippen LogP contribution in [0.3, 0.4) is 0 Å². The first-order chi connectivity index (χ1) is 9.58. The van der Waals surface area contributed by atoms with Gasteiger partial charge in [0.1, 0.15) is 0 Å². The molecule has 0 N–H and O–H groups in total. The van der Waals surface area contributed by atoms with Crippen molar-refractivity contribution in [3.05, 3.63) is 29.3 Å². The zero-order chi connectivity index (χ0) is 14.7. The fourth-order valence-electron chi connectivity index (χ4n) is 2.53. The second kappa shape index (κ2) is 6.40. The molecule has 0 saturated heterocycles. The van der Waals surface area contributed by atoms with Gasteiger partial charge in [0.05, 0.1) is 5.38 Å². The molecule has 4 heteroatoms. The Bertz CT molecular complexity index is 527. The number of hydrogen-bond donors (Lipinski definition) is 0. The van der Waals surface area contributed by atoms with Gasteiger partial charge < -0.3 is 4.90 Å². The Kier molecular flexibility index (Phi) is 4.81. The van der Waals surface area contributed by atoms with E-state index in [1.165, 1.54) is 0 Å². The van der Waals surface area contributed by atoms with Crippen molar-refractivity contribution in [2.45, 2.75) is 44.9 Å². The molecule has 1 aliphatic heterocycles. The highest BCUT2D eigenvalue weighted by molar-refractivity contribution is 6.33. The lowest BCUT2D eigenvalue weighted by Gasteiger charge is -2.17. The van der Waals surface area contributed by atoms with Crippen LogP contribution >= 0.6 is 11.6 Å². The number of benzene rings is 1. The highest BCUT2D eigenvalue weighted by Gasteiger charge is 2.25. The van der Waals surface area contributed by atoms with E-state index in [1.807, 2.05) is 30.9 Å². The van der Waals surface area contributed by atoms with Crippen LogP contribution in [-0.4, -0.2) is 23.6 Å². The summed E-state index contributed by atoms with van der Waals surface area (Å²) in [6.07, 6.45) is 2.86. The van der Waals surface area contributed by atoms with Crippen molar-refractivity contribution in [2.75, 3.05) is 11.4 Å². The summed E-state index contributed by atoms with van der Waals surface area (Å²) in [5.41, 5.74) is 2.67. The number of carbonyl (C=O) groups excluding carboxylic acids is 2. The topological polar surface area (TPSA) is 37.4 Å². The third-order valence-corrected chi connectivity index (χ3v) is 4.17. The van der Waals surface area contributed by atoms with Crippen LogP contribution in [0, 0.1) is 0 Å². The minimum Gasteiger partial charge on any atom is -0.312 e. The minimum atomic E-state index is -0.465. The number of anilines is 1. The van der Waals surface area contributed by atoms with Crippen LogP contribution in [0.1, 0.15) is 49.0 Å². The van der Waals surface area contributed by atoms with E-state index < -0.39 is 5.38 Å². The molecule has 1 heterocycles. The summed E-state index contributed by atoms with van der Waals surface area (Å²) in [7, 11) is 0. The van der Waals surface area contributed by atoms with E-state index in [2.05, 4.69) is 0 Å². The molecule has 1 atom stereocenters. The Morgan fingerprint density at radius 3 is 2.75 bits per heavy atom. The van der Waals surface area contributed by atoms with Gasteiger partial charge in [0, 0.05) is 24.2 Å². The number of hydrogen-bond acceptors (Lipinski definition) is 2. The second-order valence-corrected chi connectivity index (χ2v) is 5.66. The second-order valence-electron chi connectivity index (χ2n) is 5.13. The summed E-state index contributed by atoms with van der Waals surface area (Å²) in [6, 6.07) is 5.55. The third-order valence-electron chi connectivity index (χ3n) is 3.67. The maximum Gasteiger partial charge on any atom is 0.226 e. The van der Waals surface area contributed by atoms with Gasteiger partial charge in [-0.3, -0.25) is 9.59 Å². The number of ketones is 1. The molecule has 0 fully saturated rings. The van der Waals surface area contributed by atoms with Crippen molar-refractivity contribution in [3.8, 4) is 0 Å². The number of nitrogens with zero attached hydrogens (tertiary/aromatic N) is 1. The molecule has 1 aromatic rings. The lowest BCUT2D eigenvalue weighted by atomic mass is 10.0. The summed E-state index contributed by atoms with van der Waals surface area (Å²) < 4.78 is 0. The molecule has 1 aromatic carbocycles. The van der Waals surface area contributed by atoms with Gasteiger partial charge in [-0.25, -0.2) is 0 Å². The van der Waals surface area contributed by atoms with Crippen molar-refractivity contribution < 1.29 is 9.59 Å². The van der Waals surface area contributed by atoms with E-state index in [0.717, 1.165) is 24.1 Å². The van der Waals surface area contributed by atoms with Gasteiger partial charge in [-0.15, -0.1) is 11.6 Å². The Morgan fingerprint density at radius 2 is 2.10 bits per heavy atom. The first-order valence-corrected chi connectivity index (χ1v) is 7.63. The quantitative estimate of drug-likeness (QED) is 0.615. The van der Waals surface area contributed by atoms with Gasteiger partial charge in [-0.05, 0) is 43.0 Å². The summed E-state index contributed by atoms with van der Waals surface area (Å²) >= 11 is 6.01. The lowest BCUT2D eigenvalue weighted by Crippen LogP contribution is -2.28. The molecule has 0 bridgehead atoms. The standard InChI is InChI=1S/C16H20ClNO2/c1-3-5-15(19)18-9-8-11-10-12(6-7-14(11)18)16(20)13(17)4-2/h6-7,10,13H,3-5,8-9H2,1-2H3. The number of amides is 1. The van der Waals surface area contributed by atoms with Crippen LogP contribution in [0.2, 0.25) is 0 Å². The average molecular weight is 294 g/mol. The molecule has 0 aromatic heterocycles. The van der Waals surface area contributed by atoms with E-state index in [4.69, 9.17) is 11.6 Å². The maximum atomic E-state index is 12.1. The lowest BCUT2D eigenvalue weighted by molar-refractivity contribution is -0.118. The van der Waals surface area contributed by atoms with E-state index in [9.17, 15) is 9.59 Å². The van der Waals surface area contributed by atoms with Gasteiger partial charge in [0.2, 0.25) is 5.91 Å². The third kappa shape index (κ3) is 2.88. The van der Waals surface area contributed by atoms with Crippen molar-refractivity contribution in [3.63, 3.8) is 0 Å². The van der Waals surface area contributed by atoms with Crippen LogP contribution in [0.4, 0.5) is 5.69 Å². The normalized spacial score (nSPS) is 15.1. The van der Waals surface area contributed by atoms with Crippen LogP contribution in [0.15, 0.2) is 18.2 Å². The monoisotopic (exact) mass is 293 g/mol. The molecule has 0 spiro atoms. The fraction of sp³-hybridized carbons (Fsp3) is 0.500. The molecule has 0 aliphatic carbocycles. The zero-order valence-corrected chi connectivity index (χ0v) is 12.7. The zero-order valence-electron chi connectivity index (χ0n) is 12.0. The number of rotatable bonds is 5. The first kappa shape index (κ1) is 15.0. The number of Topliss-reactive ketones (excluding diaryl/α,β-unsaturated/α-hetero) is 1. The van der Waals surface area contributed by atoms with E-state index in [-0.39, 0.29) is 11.7 Å². The predicted octanol–water partition coefficient (Wildman–Crippen LogP) is 3.58. The van der Waals surface area contributed by atoms with E-state index in [0.29, 0.717) is 24.9 Å². The summed E-state index contributed by atoms with van der Waals surface area (Å²) in [6.45, 7) is 4.61. The summed E-state index contributed by atoms with van der Waals surface area (Å²) in [5, 5.41) is -0.465. The molecular formula is C16H20ClNO2. The first-order valence-electron chi connectivity index (χ1n) is 7.20. The van der Waals surface area contributed by atoms with Gasteiger partial charge in [-0.1, -0.05) is 13.8 Å². The average Bonchev–Trinajstić information content (AvgIpc) is 2.88. The van der Waals surface area contributed by atoms with Gasteiger partial charge in [0.25, 0.3) is 0 Å². The smallest absolute Gasteiger partial charge is 0.226 e. The van der Waals surface area contributed by atoms with E-state index >= 15 is 0 Å². The number of alkyl halides is 1. The van der Waals surface area contributed by atoms with Crippen molar-refractivity contribution in [1.29, 1.82) is 0 Å². The summed E-state index contributed by atoms with van der Waals surface area (Å²) in [4.78, 5) is 25.9. The highest BCUT2D eigenvalue weighted by Crippen LogP contribution is 2.30. The molecule has 2 rings (SSSR count). The van der Waals surface area contributed by atoms with E-state index in [1.54, 1.807) is 6.07 Å². The van der Waals surface area contributed by atoms with Crippen molar-refractivity contribution in [2.24, 2.45) is 0 Å². The number of halogens is 1. The van der Waals surface area contributed by atoms with Crippen LogP contribution in [0.25, 0.3) is 0 Å². The molecule has 0 saturated carbocycles. The molecule has 1 amide bonds. The van der Waals surface area contributed by atoms with Crippen molar-refractivity contribution >= 4 is 29.0 Å². The highest BCUT2D eigenvalue weighted by atomic mass is 35.5. The number of carbonyl (C=O) groups is 2. The SMILES string of the molecule is CCCC(=O)N1CCc2cc(C(=O)C(Cl)CC)ccc21. The molecule has 108 valence electrons. The molecule has 1 unspecified atom stereocenters. The Morgan fingerprint density at radius 1 is 1.35 bits per heavy atom. The van der Waals surface area contributed by atoms with Gasteiger partial charge in [0.15, 0.2) is 5.78 Å². The van der Waals surface area contributed by atoms with Gasteiger partial charge in [-0.2, -0.15) is 0 Å². The number of fused-ring (bicyclic) bond motifs is 1.